The highest BCUT2D eigenvalue weighted by molar-refractivity contribution is 7.09. The summed E-state index contributed by atoms with van der Waals surface area (Å²) in [5.41, 5.74) is 5.02. The topological polar surface area (TPSA) is 69.6 Å². The average molecular weight is 372 g/mol. The maximum absolute atomic E-state index is 11.8. The fraction of sp³-hybridized carbons (Fsp3) is 0.421. The first-order chi connectivity index (χ1) is 12.7. The van der Waals surface area contributed by atoms with Crippen LogP contribution in [-0.4, -0.2) is 29.9 Å². The van der Waals surface area contributed by atoms with Gasteiger partial charge in [0.1, 0.15) is 0 Å². The van der Waals surface area contributed by atoms with E-state index < -0.39 is 0 Å². The van der Waals surface area contributed by atoms with Crippen LogP contribution in [0.3, 0.4) is 0 Å². The molecule has 7 heteroatoms. The van der Waals surface area contributed by atoms with Gasteiger partial charge in [0, 0.05) is 30.1 Å². The van der Waals surface area contributed by atoms with Gasteiger partial charge in [-0.05, 0) is 38.0 Å². The molecule has 1 saturated heterocycles. The van der Waals surface area contributed by atoms with E-state index in [0.717, 1.165) is 49.0 Å². The number of aliphatic imine (C=N–C) groups is 1. The first-order valence-corrected chi connectivity index (χ1v) is 9.85. The molecular formula is C19H25N5OS. The molecule has 0 radical (unpaired) electrons. The molecule has 0 saturated carbocycles. The van der Waals surface area contributed by atoms with Gasteiger partial charge < -0.3 is 15.5 Å². The Labute approximate surface area is 158 Å². The summed E-state index contributed by atoms with van der Waals surface area (Å²) in [6.07, 6.45) is 1.60. The van der Waals surface area contributed by atoms with E-state index in [1.54, 1.807) is 11.3 Å². The molecule has 26 heavy (non-hydrogen) atoms. The van der Waals surface area contributed by atoms with Crippen molar-refractivity contribution in [3.63, 3.8) is 0 Å². The minimum atomic E-state index is 0.216. The molecule has 1 aromatic carbocycles. The summed E-state index contributed by atoms with van der Waals surface area (Å²) in [7, 11) is 0. The molecule has 0 bridgehead atoms. The van der Waals surface area contributed by atoms with E-state index >= 15 is 0 Å². The van der Waals surface area contributed by atoms with E-state index in [4.69, 9.17) is 0 Å². The third-order valence-corrected chi connectivity index (χ3v) is 5.28. The average Bonchev–Trinajstić information content (AvgIpc) is 3.26. The van der Waals surface area contributed by atoms with Crippen LogP contribution < -0.4 is 15.5 Å². The molecule has 1 amide bonds. The summed E-state index contributed by atoms with van der Waals surface area (Å²) in [6, 6.07) is 8.10. The smallest absolute Gasteiger partial charge is 0.227 e. The van der Waals surface area contributed by atoms with Crippen molar-refractivity contribution in [1.29, 1.82) is 0 Å². The van der Waals surface area contributed by atoms with Gasteiger partial charge in [-0.2, -0.15) is 0 Å². The second kappa shape index (κ2) is 8.80. The molecule has 1 aliphatic rings. The number of hydrogen-bond donors (Lipinski definition) is 2. The van der Waals surface area contributed by atoms with Crippen LogP contribution in [0.5, 0.6) is 0 Å². The minimum absolute atomic E-state index is 0.216. The zero-order valence-electron chi connectivity index (χ0n) is 15.3. The van der Waals surface area contributed by atoms with Crippen molar-refractivity contribution < 1.29 is 4.79 Å². The third kappa shape index (κ3) is 4.60. The molecule has 3 rings (SSSR count). The lowest BCUT2D eigenvalue weighted by molar-refractivity contribution is -0.117. The Kier molecular flexibility index (Phi) is 6.22. The van der Waals surface area contributed by atoms with E-state index in [0.29, 0.717) is 13.0 Å². The maximum atomic E-state index is 11.8. The monoisotopic (exact) mass is 371 g/mol. The SMILES string of the molecule is CCNC(=NCc1ccc(N2CCCC2=O)cc1)NCc1scnc1C. The quantitative estimate of drug-likeness (QED) is 0.605. The first-order valence-electron chi connectivity index (χ1n) is 8.98. The number of nitrogens with zero attached hydrogens (tertiary/aromatic N) is 3. The number of carbonyl (C=O) groups is 1. The highest BCUT2D eigenvalue weighted by Gasteiger charge is 2.21. The number of aromatic nitrogens is 1. The van der Waals surface area contributed by atoms with Gasteiger partial charge in [0.15, 0.2) is 5.96 Å². The van der Waals surface area contributed by atoms with E-state index in [1.807, 2.05) is 41.6 Å². The highest BCUT2D eigenvalue weighted by atomic mass is 32.1. The van der Waals surface area contributed by atoms with Crippen molar-refractivity contribution in [2.24, 2.45) is 4.99 Å². The summed E-state index contributed by atoms with van der Waals surface area (Å²) in [4.78, 5) is 23.8. The van der Waals surface area contributed by atoms with Gasteiger partial charge in [-0.3, -0.25) is 4.79 Å². The van der Waals surface area contributed by atoms with Crippen LogP contribution in [0.2, 0.25) is 0 Å². The van der Waals surface area contributed by atoms with E-state index in [-0.39, 0.29) is 5.91 Å². The number of amides is 1. The van der Waals surface area contributed by atoms with Crippen LogP contribution in [0.1, 0.15) is 35.9 Å². The summed E-state index contributed by atoms with van der Waals surface area (Å²) in [6.45, 7) is 7.01. The van der Waals surface area contributed by atoms with Gasteiger partial charge in [0.2, 0.25) is 5.91 Å². The summed E-state index contributed by atoms with van der Waals surface area (Å²) in [5, 5.41) is 6.62. The lowest BCUT2D eigenvalue weighted by Gasteiger charge is -2.15. The van der Waals surface area contributed by atoms with Gasteiger partial charge >= 0.3 is 0 Å². The summed E-state index contributed by atoms with van der Waals surface area (Å²) < 4.78 is 0. The minimum Gasteiger partial charge on any atom is -0.357 e. The molecule has 2 N–H and O–H groups in total. The van der Waals surface area contributed by atoms with Crippen molar-refractivity contribution in [3.8, 4) is 0 Å². The molecule has 6 nitrogen and oxygen atoms in total. The van der Waals surface area contributed by atoms with Crippen molar-refractivity contribution in [1.82, 2.24) is 15.6 Å². The molecule has 0 aliphatic carbocycles. The van der Waals surface area contributed by atoms with Crippen LogP contribution in [-0.2, 0) is 17.9 Å². The molecule has 0 unspecified atom stereocenters. The second-order valence-corrected chi connectivity index (χ2v) is 7.16. The molecule has 0 atom stereocenters. The lowest BCUT2D eigenvalue weighted by Crippen LogP contribution is -2.36. The predicted octanol–water partition coefficient (Wildman–Crippen LogP) is 2.83. The lowest BCUT2D eigenvalue weighted by atomic mass is 10.2. The van der Waals surface area contributed by atoms with E-state index in [9.17, 15) is 4.79 Å². The number of anilines is 1. The van der Waals surface area contributed by atoms with E-state index in [2.05, 4.69) is 27.5 Å². The van der Waals surface area contributed by atoms with Crippen LogP contribution in [0.4, 0.5) is 5.69 Å². The number of carbonyl (C=O) groups excluding carboxylic acids is 1. The van der Waals surface area contributed by atoms with Gasteiger partial charge in [0.05, 0.1) is 24.3 Å². The van der Waals surface area contributed by atoms with E-state index in [1.165, 1.54) is 4.88 Å². The van der Waals surface area contributed by atoms with Crippen LogP contribution >= 0.6 is 11.3 Å². The van der Waals surface area contributed by atoms with Crippen LogP contribution in [0.25, 0.3) is 0 Å². The highest BCUT2D eigenvalue weighted by Crippen LogP contribution is 2.21. The Hall–Kier alpha value is -2.41. The van der Waals surface area contributed by atoms with Gasteiger partial charge in [-0.25, -0.2) is 9.98 Å². The number of benzene rings is 1. The van der Waals surface area contributed by atoms with Crippen molar-refractivity contribution in [3.05, 3.63) is 45.9 Å². The molecule has 1 aromatic heterocycles. The summed E-state index contributed by atoms with van der Waals surface area (Å²) >= 11 is 1.65. The normalized spacial score (nSPS) is 14.8. The zero-order valence-corrected chi connectivity index (χ0v) is 16.1. The molecule has 138 valence electrons. The standard InChI is InChI=1S/C19H25N5OS/c1-3-20-19(22-12-17-14(2)23-13-26-17)21-11-15-6-8-16(9-7-15)24-10-4-5-18(24)25/h6-9,13H,3-5,10-12H2,1-2H3,(H2,20,21,22). The Balaban J connectivity index is 1.60. The number of aryl methyl sites for hydroxylation is 1. The van der Waals surface area contributed by atoms with Crippen molar-refractivity contribution in [2.75, 3.05) is 18.0 Å². The van der Waals surface area contributed by atoms with Crippen molar-refractivity contribution >= 4 is 28.9 Å². The Morgan fingerprint density at radius 1 is 1.31 bits per heavy atom. The van der Waals surface area contributed by atoms with Gasteiger partial charge in [-0.1, -0.05) is 12.1 Å². The fourth-order valence-corrected chi connectivity index (χ4v) is 3.59. The number of nitrogens with one attached hydrogen (secondary N) is 2. The molecule has 1 fully saturated rings. The first kappa shape index (κ1) is 18.4. The van der Waals surface area contributed by atoms with Crippen LogP contribution in [0.15, 0.2) is 34.8 Å². The maximum Gasteiger partial charge on any atom is 0.227 e. The fourth-order valence-electron chi connectivity index (χ4n) is 2.87. The van der Waals surface area contributed by atoms with Gasteiger partial charge in [-0.15, -0.1) is 11.3 Å². The molecule has 2 aromatic rings. The molecule has 2 heterocycles. The Morgan fingerprint density at radius 2 is 2.12 bits per heavy atom. The Bertz CT molecular complexity index is 768. The molecule has 1 aliphatic heterocycles. The van der Waals surface area contributed by atoms with Crippen molar-refractivity contribution in [2.45, 2.75) is 39.8 Å². The van der Waals surface area contributed by atoms with Gasteiger partial charge in [0.25, 0.3) is 0 Å². The molecule has 0 spiro atoms. The number of rotatable bonds is 6. The molecular weight excluding hydrogens is 346 g/mol. The number of guanidine groups is 1. The Morgan fingerprint density at radius 3 is 2.73 bits per heavy atom. The largest absolute Gasteiger partial charge is 0.357 e. The predicted molar refractivity (Wildman–Crippen MR) is 107 cm³/mol. The van der Waals surface area contributed by atoms with Crippen LogP contribution in [0, 0.1) is 6.92 Å². The number of thiazole rings is 1. The second-order valence-electron chi connectivity index (χ2n) is 6.23. The zero-order chi connectivity index (χ0) is 18.4. The summed E-state index contributed by atoms with van der Waals surface area (Å²) in [5.74, 6) is 1.01. The third-order valence-electron chi connectivity index (χ3n) is 4.35. The number of hydrogen-bond acceptors (Lipinski definition) is 4.